The summed E-state index contributed by atoms with van der Waals surface area (Å²) in [6.07, 6.45) is 0. The molecule has 50 heavy (non-hydrogen) atoms. The van der Waals surface area contributed by atoms with Gasteiger partial charge in [-0.05, 0) is 47.5 Å². The molecule has 0 aliphatic carbocycles. The lowest BCUT2D eigenvalue weighted by atomic mass is 10.00. The van der Waals surface area contributed by atoms with Crippen LogP contribution in [0.15, 0.2) is 176 Å². The van der Waals surface area contributed by atoms with Gasteiger partial charge in [-0.25, -0.2) is 9.97 Å². The van der Waals surface area contributed by atoms with Crippen molar-refractivity contribution in [2.75, 3.05) is 0 Å². The van der Waals surface area contributed by atoms with Gasteiger partial charge in [0.2, 0.25) is 0 Å². The first-order valence-electron chi connectivity index (χ1n) is 16.8. The highest BCUT2D eigenvalue weighted by Gasteiger charge is 2.20. The van der Waals surface area contributed by atoms with Crippen molar-refractivity contribution in [2.24, 2.45) is 0 Å². The molecule has 234 valence electrons. The number of thiophene rings is 1. The Morgan fingerprint density at radius 3 is 1.84 bits per heavy atom. The number of benzene rings is 7. The molecule has 7 aromatic carbocycles. The van der Waals surface area contributed by atoms with Crippen molar-refractivity contribution in [1.29, 1.82) is 0 Å². The third-order valence-corrected chi connectivity index (χ3v) is 10.9. The Hall–Kier alpha value is -6.36. The fourth-order valence-electron chi connectivity index (χ4n) is 7.30. The highest BCUT2D eigenvalue weighted by atomic mass is 32.1. The fourth-order valence-corrected chi connectivity index (χ4v) is 8.68. The van der Waals surface area contributed by atoms with E-state index in [1.807, 2.05) is 29.5 Å². The van der Waals surface area contributed by atoms with E-state index in [-0.39, 0.29) is 0 Å². The van der Waals surface area contributed by atoms with Crippen LogP contribution in [0.4, 0.5) is 0 Å². The van der Waals surface area contributed by atoms with Crippen LogP contribution in [0.1, 0.15) is 0 Å². The minimum Gasteiger partial charge on any atom is -0.309 e. The van der Waals surface area contributed by atoms with Crippen LogP contribution in [-0.4, -0.2) is 14.5 Å². The molecule has 3 aromatic heterocycles. The second-order valence-electron chi connectivity index (χ2n) is 12.6. The lowest BCUT2D eigenvalue weighted by Gasteiger charge is -2.11. The lowest BCUT2D eigenvalue weighted by molar-refractivity contribution is 1.18. The van der Waals surface area contributed by atoms with Crippen LogP contribution < -0.4 is 0 Å². The maximum absolute atomic E-state index is 5.25. The van der Waals surface area contributed by atoms with Crippen LogP contribution in [0.25, 0.3) is 92.7 Å². The maximum atomic E-state index is 5.25. The largest absolute Gasteiger partial charge is 0.309 e. The van der Waals surface area contributed by atoms with Crippen molar-refractivity contribution in [3.05, 3.63) is 176 Å². The van der Waals surface area contributed by atoms with E-state index in [1.54, 1.807) is 0 Å². The van der Waals surface area contributed by atoms with E-state index >= 15 is 0 Å². The van der Waals surface area contributed by atoms with E-state index in [1.165, 1.54) is 47.5 Å². The molecule has 0 N–H and O–H groups in total. The highest BCUT2D eigenvalue weighted by molar-refractivity contribution is 7.27. The van der Waals surface area contributed by atoms with Crippen LogP contribution in [0.5, 0.6) is 0 Å². The van der Waals surface area contributed by atoms with Gasteiger partial charge in [-0.1, -0.05) is 140 Å². The first-order chi connectivity index (χ1) is 24.8. The van der Waals surface area contributed by atoms with Crippen LogP contribution >= 0.6 is 11.3 Å². The Bertz CT molecular complexity index is 2850. The van der Waals surface area contributed by atoms with Crippen molar-refractivity contribution in [3.63, 3.8) is 0 Å². The molecule has 3 nitrogen and oxygen atoms in total. The van der Waals surface area contributed by atoms with E-state index in [0.717, 1.165) is 45.2 Å². The van der Waals surface area contributed by atoms with Gasteiger partial charge in [-0.3, -0.25) is 0 Å². The summed E-state index contributed by atoms with van der Waals surface area (Å²) in [5.41, 5.74) is 10.9. The quantitative estimate of drug-likeness (QED) is 0.185. The molecule has 0 saturated heterocycles. The number of hydrogen-bond acceptors (Lipinski definition) is 3. The van der Waals surface area contributed by atoms with Crippen LogP contribution in [0.3, 0.4) is 0 Å². The van der Waals surface area contributed by atoms with Gasteiger partial charge in [0, 0.05) is 53.3 Å². The van der Waals surface area contributed by atoms with Gasteiger partial charge in [0.05, 0.1) is 22.4 Å². The summed E-state index contributed by atoms with van der Waals surface area (Å²) in [4.78, 5) is 10.4. The summed E-state index contributed by atoms with van der Waals surface area (Å²) < 4.78 is 4.92. The van der Waals surface area contributed by atoms with Gasteiger partial charge in [0.25, 0.3) is 0 Å². The molecule has 0 saturated carbocycles. The first-order valence-corrected chi connectivity index (χ1v) is 17.7. The Labute approximate surface area is 293 Å². The van der Waals surface area contributed by atoms with E-state index in [4.69, 9.17) is 9.97 Å². The molecule has 0 bridgehead atoms. The third kappa shape index (κ3) is 4.65. The van der Waals surface area contributed by atoms with Crippen molar-refractivity contribution in [1.82, 2.24) is 14.5 Å². The molecule has 0 aliphatic rings. The molecule has 0 spiro atoms. The monoisotopic (exact) mass is 655 g/mol. The zero-order valence-corrected chi connectivity index (χ0v) is 27.8. The molecule has 0 fully saturated rings. The summed E-state index contributed by atoms with van der Waals surface area (Å²) in [6, 6.07) is 62.3. The maximum Gasteiger partial charge on any atom is 0.160 e. The molecule has 3 heterocycles. The van der Waals surface area contributed by atoms with Gasteiger partial charge < -0.3 is 4.57 Å². The number of hydrogen-bond donors (Lipinski definition) is 0. The van der Waals surface area contributed by atoms with E-state index < -0.39 is 0 Å². The molecular weight excluding hydrogens is 627 g/mol. The number of nitrogens with zero attached hydrogens (tertiary/aromatic N) is 3. The molecule has 0 radical (unpaired) electrons. The van der Waals surface area contributed by atoms with Gasteiger partial charge in [-0.2, -0.15) is 0 Å². The average molecular weight is 656 g/mol. The zero-order chi connectivity index (χ0) is 33.0. The summed E-state index contributed by atoms with van der Waals surface area (Å²) in [7, 11) is 0. The smallest absolute Gasteiger partial charge is 0.160 e. The first kappa shape index (κ1) is 28.6. The SMILES string of the molecule is c1ccc(-c2cccc(-c3cc(-c4cccc5c4sc4c5ccc5c4c4ccccc4n5-c4ccccc4)nc(-c4ccccc4)n3)c2)cc1. The molecule has 10 rings (SSSR count). The van der Waals surface area contributed by atoms with E-state index in [9.17, 15) is 0 Å². The standard InChI is InChI=1S/C46H29N3S/c1-4-14-30(15-5-1)32-18-12-19-33(28-32)39-29-40(48-46(47-39)31-16-6-2-7-17-31)37-24-13-23-35-36-26-27-42-43(45(36)50-44(35)37)38-22-10-11-25-41(38)49(42)34-20-8-3-9-21-34/h1-29H. The molecule has 0 amide bonds. The number of fused-ring (bicyclic) bond motifs is 7. The van der Waals surface area contributed by atoms with Crippen molar-refractivity contribution >= 4 is 53.3 Å². The summed E-state index contributed by atoms with van der Waals surface area (Å²) >= 11 is 1.87. The number of aromatic nitrogens is 3. The van der Waals surface area contributed by atoms with Crippen molar-refractivity contribution in [2.45, 2.75) is 0 Å². The normalized spacial score (nSPS) is 11.6. The minimum atomic E-state index is 0.717. The molecule has 10 aromatic rings. The number of para-hydroxylation sites is 2. The minimum absolute atomic E-state index is 0.717. The third-order valence-electron chi connectivity index (χ3n) is 9.61. The summed E-state index contributed by atoms with van der Waals surface area (Å²) in [6.45, 7) is 0. The van der Waals surface area contributed by atoms with Crippen molar-refractivity contribution < 1.29 is 0 Å². The molecular formula is C46H29N3S. The molecule has 0 atom stereocenters. The van der Waals surface area contributed by atoms with Gasteiger partial charge in [0.1, 0.15) is 0 Å². The van der Waals surface area contributed by atoms with Crippen molar-refractivity contribution in [3.8, 4) is 50.7 Å². The Balaban J connectivity index is 1.22. The van der Waals surface area contributed by atoms with E-state index in [0.29, 0.717) is 0 Å². The topological polar surface area (TPSA) is 30.7 Å². The Morgan fingerprint density at radius 1 is 0.400 bits per heavy atom. The van der Waals surface area contributed by atoms with Crippen LogP contribution in [0.2, 0.25) is 0 Å². The number of rotatable bonds is 5. The highest BCUT2D eigenvalue weighted by Crippen LogP contribution is 2.46. The molecule has 0 aliphatic heterocycles. The Morgan fingerprint density at radius 2 is 1.02 bits per heavy atom. The Kier molecular flexibility index (Phi) is 6.68. The predicted molar refractivity (Wildman–Crippen MR) is 211 cm³/mol. The molecule has 0 unspecified atom stereocenters. The van der Waals surface area contributed by atoms with E-state index in [2.05, 4.69) is 162 Å². The second kappa shape index (κ2) is 11.7. The second-order valence-corrected chi connectivity index (χ2v) is 13.6. The average Bonchev–Trinajstić information content (AvgIpc) is 3.75. The van der Waals surface area contributed by atoms with Gasteiger partial charge in [0.15, 0.2) is 5.82 Å². The molecule has 4 heteroatoms. The fraction of sp³-hybridized carbons (Fsp3) is 0. The summed E-state index contributed by atoms with van der Waals surface area (Å²) in [5, 5.41) is 5.07. The van der Waals surface area contributed by atoms with Gasteiger partial charge in [-0.15, -0.1) is 11.3 Å². The van der Waals surface area contributed by atoms with Gasteiger partial charge >= 0.3 is 0 Å². The predicted octanol–water partition coefficient (Wildman–Crippen LogP) is 12.6. The summed E-state index contributed by atoms with van der Waals surface area (Å²) in [5.74, 6) is 0.717. The van der Waals surface area contributed by atoms with Crippen LogP contribution in [-0.2, 0) is 0 Å². The zero-order valence-electron chi connectivity index (χ0n) is 27.0. The lowest BCUT2D eigenvalue weighted by Crippen LogP contribution is -1.96. The van der Waals surface area contributed by atoms with Crippen LogP contribution in [0, 0.1) is 0 Å².